The maximum Gasteiger partial charge on any atom is 0.161 e. The fourth-order valence-corrected chi connectivity index (χ4v) is 3.44. The van der Waals surface area contributed by atoms with Gasteiger partial charge in [-0.25, -0.2) is 9.97 Å². The van der Waals surface area contributed by atoms with Crippen LogP contribution in [0.5, 0.6) is 0 Å². The normalized spacial score (nSPS) is 12.0. The van der Waals surface area contributed by atoms with Crippen molar-refractivity contribution in [2.24, 2.45) is 0 Å². The van der Waals surface area contributed by atoms with E-state index in [2.05, 4.69) is 20.3 Å². The van der Waals surface area contributed by atoms with E-state index in [1.54, 1.807) is 24.7 Å². The average molecular weight is 387 g/mol. The lowest BCUT2D eigenvalue weighted by atomic mass is 10.2. The Morgan fingerprint density at radius 3 is 2.54 bits per heavy atom. The van der Waals surface area contributed by atoms with Crippen LogP contribution >= 0.6 is 11.6 Å². The van der Waals surface area contributed by atoms with Crippen molar-refractivity contribution in [3.8, 4) is 11.4 Å². The minimum atomic E-state index is -0.962. The first-order valence-electron chi connectivity index (χ1n) is 8.05. The van der Waals surface area contributed by atoms with Crippen molar-refractivity contribution in [3.05, 3.63) is 64.6 Å². The van der Waals surface area contributed by atoms with E-state index in [0.717, 1.165) is 33.9 Å². The van der Waals surface area contributed by atoms with E-state index in [-0.39, 0.29) is 0 Å². The summed E-state index contributed by atoms with van der Waals surface area (Å²) >= 11 is 6.21. The lowest BCUT2D eigenvalue weighted by Crippen LogP contribution is -2.04. The molecule has 0 aliphatic heterocycles. The zero-order valence-electron chi connectivity index (χ0n) is 14.8. The predicted molar refractivity (Wildman–Crippen MR) is 107 cm³/mol. The van der Waals surface area contributed by atoms with Crippen LogP contribution < -0.4 is 5.32 Å². The van der Waals surface area contributed by atoms with E-state index in [9.17, 15) is 4.21 Å². The molecule has 2 heterocycles. The Labute approximate surface area is 160 Å². The fraction of sp³-hybridized carbons (Fsp3) is 0.211. The average Bonchev–Trinajstić information content (AvgIpc) is 2.62. The second-order valence-corrected chi connectivity index (χ2v) is 7.83. The number of rotatable bonds is 5. The molecule has 0 amide bonds. The molecule has 7 heteroatoms. The summed E-state index contributed by atoms with van der Waals surface area (Å²) in [6.07, 6.45) is 5.10. The Morgan fingerprint density at radius 1 is 1.12 bits per heavy atom. The van der Waals surface area contributed by atoms with E-state index in [1.807, 2.05) is 38.1 Å². The molecule has 0 saturated heterocycles. The first-order valence-corrected chi connectivity index (χ1v) is 10.2. The molecule has 134 valence electrons. The molecule has 0 fully saturated rings. The third kappa shape index (κ3) is 4.26. The molecule has 3 aromatic rings. The lowest BCUT2D eigenvalue weighted by molar-refractivity contribution is 0.686. The highest BCUT2D eigenvalue weighted by Gasteiger charge is 2.11. The number of hydrogen-bond donors (Lipinski definition) is 1. The van der Waals surface area contributed by atoms with E-state index in [0.29, 0.717) is 16.6 Å². The Hall–Kier alpha value is -2.31. The molecule has 1 aromatic carbocycles. The van der Waals surface area contributed by atoms with Crippen molar-refractivity contribution in [3.63, 3.8) is 0 Å². The van der Waals surface area contributed by atoms with Crippen molar-refractivity contribution >= 4 is 33.9 Å². The van der Waals surface area contributed by atoms with Gasteiger partial charge in [-0.1, -0.05) is 11.6 Å². The molecule has 1 unspecified atom stereocenters. The van der Waals surface area contributed by atoms with Gasteiger partial charge in [0.05, 0.1) is 0 Å². The summed E-state index contributed by atoms with van der Waals surface area (Å²) in [5.74, 6) is 1.79. The molecule has 0 aliphatic rings. The first-order chi connectivity index (χ1) is 12.4. The van der Waals surface area contributed by atoms with Gasteiger partial charge in [0, 0.05) is 62.7 Å². The van der Waals surface area contributed by atoms with E-state index >= 15 is 0 Å². The van der Waals surface area contributed by atoms with Crippen LogP contribution in [0.15, 0.2) is 42.7 Å². The molecular weight excluding hydrogens is 368 g/mol. The second-order valence-electron chi connectivity index (χ2n) is 5.99. The summed E-state index contributed by atoms with van der Waals surface area (Å²) in [4.78, 5) is 13.3. The Balaban J connectivity index is 1.97. The summed E-state index contributed by atoms with van der Waals surface area (Å²) in [6.45, 7) is 3.94. The maximum atomic E-state index is 11.5. The van der Waals surface area contributed by atoms with Crippen molar-refractivity contribution < 1.29 is 4.21 Å². The first kappa shape index (κ1) is 18.5. The number of pyridine rings is 1. The summed E-state index contributed by atoms with van der Waals surface area (Å²) in [7, 11) is -0.962. The van der Waals surface area contributed by atoms with Crippen LogP contribution in [0.25, 0.3) is 11.4 Å². The van der Waals surface area contributed by atoms with Gasteiger partial charge in [-0.15, -0.1) is 0 Å². The lowest BCUT2D eigenvalue weighted by Gasteiger charge is -2.14. The van der Waals surface area contributed by atoms with E-state index < -0.39 is 10.8 Å². The maximum absolute atomic E-state index is 11.5. The Kier molecular flexibility index (Phi) is 5.64. The molecule has 0 aliphatic carbocycles. The van der Waals surface area contributed by atoms with Crippen molar-refractivity contribution in [2.45, 2.75) is 19.6 Å². The number of nitrogens with zero attached hydrogens (tertiary/aromatic N) is 3. The van der Waals surface area contributed by atoms with Gasteiger partial charge in [-0.05, 0) is 49.7 Å². The van der Waals surface area contributed by atoms with Crippen LogP contribution in [0.1, 0.15) is 16.8 Å². The Bertz CT molecular complexity index is 963. The number of anilines is 2. The minimum Gasteiger partial charge on any atom is -0.340 e. The van der Waals surface area contributed by atoms with Crippen LogP contribution in [0.2, 0.25) is 5.02 Å². The molecular formula is C19H19ClN4OS. The molecule has 2 aromatic heterocycles. The van der Waals surface area contributed by atoms with Gasteiger partial charge in [0.25, 0.3) is 0 Å². The standard InChI is InChI=1S/C19H19ClN4OS/c1-12-13(2)22-19(14-6-8-21-9-7-14)24-18(12)23-16-4-5-17(20)15(10-16)11-26(3)25/h4-10H,11H2,1-3H3,(H,22,23,24). The summed E-state index contributed by atoms with van der Waals surface area (Å²) in [5.41, 5.74) is 4.47. The van der Waals surface area contributed by atoms with Crippen molar-refractivity contribution in [1.29, 1.82) is 0 Å². The van der Waals surface area contributed by atoms with Gasteiger partial charge < -0.3 is 5.32 Å². The third-order valence-corrected chi connectivity index (χ3v) is 5.08. The molecule has 3 rings (SSSR count). The van der Waals surface area contributed by atoms with Crippen LogP contribution in [-0.4, -0.2) is 25.4 Å². The fourth-order valence-electron chi connectivity index (χ4n) is 2.50. The highest BCUT2D eigenvalue weighted by molar-refractivity contribution is 7.83. The second kappa shape index (κ2) is 7.93. The van der Waals surface area contributed by atoms with Gasteiger partial charge in [-0.3, -0.25) is 9.19 Å². The van der Waals surface area contributed by atoms with Crippen LogP contribution in [-0.2, 0) is 16.6 Å². The number of aromatic nitrogens is 3. The molecule has 1 N–H and O–H groups in total. The van der Waals surface area contributed by atoms with Gasteiger partial charge >= 0.3 is 0 Å². The number of halogens is 1. The smallest absolute Gasteiger partial charge is 0.161 e. The molecule has 0 saturated carbocycles. The highest BCUT2D eigenvalue weighted by Crippen LogP contribution is 2.27. The molecule has 0 bridgehead atoms. The number of aryl methyl sites for hydroxylation is 1. The van der Waals surface area contributed by atoms with Crippen LogP contribution in [0, 0.1) is 13.8 Å². The summed E-state index contributed by atoms with van der Waals surface area (Å²) in [6, 6.07) is 9.36. The van der Waals surface area contributed by atoms with Crippen LogP contribution in [0.3, 0.4) is 0 Å². The largest absolute Gasteiger partial charge is 0.340 e. The number of hydrogen-bond acceptors (Lipinski definition) is 5. The predicted octanol–water partition coefficient (Wildman–Crippen LogP) is 4.43. The summed E-state index contributed by atoms with van der Waals surface area (Å²) in [5, 5.41) is 3.95. The molecule has 26 heavy (non-hydrogen) atoms. The Morgan fingerprint density at radius 2 is 1.85 bits per heavy atom. The SMILES string of the molecule is Cc1nc(-c2ccncc2)nc(Nc2ccc(Cl)c(CS(C)=O)c2)c1C. The van der Waals surface area contributed by atoms with E-state index in [1.165, 1.54) is 0 Å². The molecule has 1 atom stereocenters. The van der Waals surface area contributed by atoms with Gasteiger partial charge in [0.1, 0.15) is 5.82 Å². The van der Waals surface area contributed by atoms with Gasteiger partial charge in [-0.2, -0.15) is 0 Å². The third-order valence-electron chi connectivity index (χ3n) is 3.99. The van der Waals surface area contributed by atoms with Crippen molar-refractivity contribution in [1.82, 2.24) is 15.0 Å². The highest BCUT2D eigenvalue weighted by atomic mass is 35.5. The summed E-state index contributed by atoms with van der Waals surface area (Å²) < 4.78 is 11.5. The molecule has 0 radical (unpaired) electrons. The van der Waals surface area contributed by atoms with Gasteiger partial charge in [0.2, 0.25) is 0 Å². The van der Waals surface area contributed by atoms with E-state index in [4.69, 9.17) is 11.6 Å². The zero-order valence-corrected chi connectivity index (χ0v) is 16.4. The molecule has 5 nitrogen and oxygen atoms in total. The zero-order chi connectivity index (χ0) is 18.7. The van der Waals surface area contributed by atoms with Crippen molar-refractivity contribution in [2.75, 3.05) is 11.6 Å². The minimum absolute atomic E-state index is 0.415. The van der Waals surface area contributed by atoms with Crippen LogP contribution in [0.4, 0.5) is 11.5 Å². The van der Waals surface area contributed by atoms with Gasteiger partial charge in [0.15, 0.2) is 5.82 Å². The monoisotopic (exact) mass is 386 g/mol. The number of nitrogens with one attached hydrogen (secondary N) is 1. The molecule has 0 spiro atoms. The quantitative estimate of drug-likeness (QED) is 0.702. The number of benzene rings is 1. The topological polar surface area (TPSA) is 67.8 Å².